The van der Waals surface area contributed by atoms with Crippen LogP contribution >= 0.6 is 11.6 Å². The largest absolute Gasteiger partial charge is 0.354 e. The van der Waals surface area contributed by atoms with E-state index < -0.39 is 0 Å². The first kappa shape index (κ1) is 12.2. The van der Waals surface area contributed by atoms with Gasteiger partial charge in [-0.05, 0) is 38.0 Å². The molecular weight excluding hydrogens is 234 g/mol. The summed E-state index contributed by atoms with van der Waals surface area (Å²) in [5.74, 6) is 0.895. The zero-order valence-electron chi connectivity index (χ0n) is 10.2. The molecule has 0 radical (unpaired) electrons. The second-order valence-electron chi connectivity index (χ2n) is 4.48. The van der Waals surface area contributed by atoms with Crippen molar-refractivity contribution < 1.29 is 0 Å². The Morgan fingerprint density at radius 2 is 2.12 bits per heavy atom. The predicted molar refractivity (Wildman–Crippen MR) is 72.5 cm³/mol. The molecule has 0 bridgehead atoms. The summed E-state index contributed by atoms with van der Waals surface area (Å²) in [5, 5.41) is 7.49. The molecule has 0 saturated heterocycles. The van der Waals surface area contributed by atoms with Crippen molar-refractivity contribution in [2.45, 2.75) is 32.4 Å². The molecule has 1 aliphatic rings. The molecule has 0 saturated carbocycles. The van der Waals surface area contributed by atoms with Crippen LogP contribution in [-0.2, 0) is 0 Å². The van der Waals surface area contributed by atoms with E-state index in [1.807, 2.05) is 24.3 Å². The molecule has 1 aromatic carbocycles. The number of rotatable bonds is 2. The number of hydrogen-bond donors (Lipinski definition) is 2. The summed E-state index contributed by atoms with van der Waals surface area (Å²) in [4.78, 5) is 4.43. The monoisotopic (exact) mass is 251 g/mol. The van der Waals surface area contributed by atoms with E-state index in [1.165, 1.54) is 5.56 Å². The lowest BCUT2D eigenvalue weighted by Crippen LogP contribution is -2.46. The average molecular weight is 252 g/mol. The summed E-state index contributed by atoms with van der Waals surface area (Å²) in [5.41, 5.74) is 1.21. The van der Waals surface area contributed by atoms with Crippen LogP contribution < -0.4 is 10.6 Å². The van der Waals surface area contributed by atoms with Crippen LogP contribution in [0.4, 0.5) is 0 Å². The summed E-state index contributed by atoms with van der Waals surface area (Å²) in [6.07, 6.45) is 1.10. The molecule has 1 aliphatic heterocycles. The number of nitrogens with zero attached hydrogens (tertiary/aromatic N) is 1. The van der Waals surface area contributed by atoms with Gasteiger partial charge in [-0.25, -0.2) is 0 Å². The highest BCUT2D eigenvalue weighted by Crippen LogP contribution is 2.16. The zero-order valence-corrected chi connectivity index (χ0v) is 11.0. The third-order valence-electron chi connectivity index (χ3n) is 2.94. The van der Waals surface area contributed by atoms with Crippen molar-refractivity contribution in [3.63, 3.8) is 0 Å². The van der Waals surface area contributed by atoms with Gasteiger partial charge in [0.15, 0.2) is 5.96 Å². The number of benzene rings is 1. The number of aliphatic imine (C=N–C) groups is 1. The Kier molecular flexibility index (Phi) is 3.89. The lowest BCUT2D eigenvalue weighted by atomic mass is 10.1. The zero-order chi connectivity index (χ0) is 12.3. The van der Waals surface area contributed by atoms with E-state index in [9.17, 15) is 0 Å². The second-order valence-corrected chi connectivity index (χ2v) is 4.92. The van der Waals surface area contributed by atoms with E-state index in [1.54, 1.807) is 0 Å². The molecule has 2 atom stereocenters. The first-order valence-corrected chi connectivity index (χ1v) is 6.36. The number of halogens is 1. The molecule has 2 rings (SSSR count). The molecule has 92 valence electrons. The lowest BCUT2D eigenvalue weighted by Gasteiger charge is -2.25. The summed E-state index contributed by atoms with van der Waals surface area (Å²) in [6, 6.07) is 8.61. The van der Waals surface area contributed by atoms with Crippen molar-refractivity contribution in [2.75, 3.05) is 6.54 Å². The van der Waals surface area contributed by atoms with E-state index in [2.05, 4.69) is 29.5 Å². The van der Waals surface area contributed by atoms with Gasteiger partial charge < -0.3 is 10.6 Å². The van der Waals surface area contributed by atoms with Gasteiger partial charge >= 0.3 is 0 Å². The highest BCUT2D eigenvalue weighted by atomic mass is 35.5. The van der Waals surface area contributed by atoms with Crippen molar-refractivity contribution in [2.24, 2.45) is 4.99 Å². The van der Waals surface area contributed by atoms with Crippen molar-refractivity contribution in [3.8, 4) is 0 Å². The average Bonchev–Trinajstić information content (AvgIpc) is 2.29. The molecule has 0 aromatic heterocycles. The van der Waals surface area contributed by atoms with Crippen LogP contribution in [0.1, 0.15) is 31.9 Å². The van der Waals surface area contributed by atoms with Crippen molar-refractivity contribution in [3.05, 3.63) is 34.9 Å². The number of guanidine groups is 1. The molecule has 0 fully saturated rings. The highest BCUT2D eigenvalue weighted by molar-refractivity contribution is 6.30. The van der Waals surface area contributed by atoms with Crippen molar-refractivity contribution in [1.29, 1.82) is 0 Å². The SMILES string of the molecule is CC1CCN=C(N[C@@H](C)c2ccc(Cl)cc2)N1. The second kappa shape index (κ2) is 5.41. The minimum absolute atomic E-state index is 0.226. The summed E-state index contributed by atoms with van der Waals surface area (Å²) in [6.45, 7) is 5.18. The molecule has 0 amide bonds. The van der Waals surface area contributed by atoms with Gasteiger partial charge in [0.05, 0.1) is 6.04 Å². The van der Waals surface area contributed by atoms with E-state index in [0.29, 0.717) is 6.04 Å². The molecule has 0 spiro atoms. The topological polar surface area (TPSA) is 36.4 Å². The Balaban J connectivity index is 1.99. The summed E-state index contributed by atoms with van der Waals surface area (Å²) < 4.78 is 0. The van der Waals surface area contributed by atoms with Gasteiger partial charge in [-0.1, -0.05) is 23.7 Å². The third kappa shape index (κ3) is 3.37. The third-order valence-corrected chi connectivity index (χ3v) is 3.19. The molecule has 4 heteroatoms. The Hall–Kier alpha value is -1.22. The standard InChI is InChI=1S/C13H18ClN3/c1-9-7-8-15-13(16-9)17-10(2)11-3-5-12(14)6-4-11/h3-6,9-10H,7-8H2,1-2H3,(H2,15,16,17)/t9?,10-/m0/s1. The lowest BCUT2D eigenvalue weighted by molar-refractivity contribution is 0.556. The van der Waals surface area contributed by atoms with Gasteiger partial charge in [-0.2, -0.15) is 0 Å². The van der Waals surface area contributed by atoms with E-state index >= 15 is 0 Å². The summed E-state index contributed by atoms with van der Waals surface area (Å²) >= 11 is 5.87. The maximum Gasteiger partial charge on any atom is 0.191 e. The molecule has 3 nitrogen and oxygen atoms in total. The van der Waals surface area contributed by atoms with Crippen molar-refractivity contribution in [1.82, 2.24) is 10.6 Å². The van der Waals surface area contributed by atoms with Crippen LogP contribution in [0.15, 0.2) is 29.3 Å². The first-order valence-electron chi connectivity index (χ1n) is 5.98. The van der Waals surface area contributed by atoms with Gasteiger partial charge in [0.25, 0.3) is 0 Å². The predicted octanol–water partition coefficient (Wildman–Crippen LogP) is 2.73. The van der Waals surface area contributed by atoms with Gasteiger partial charge in [0, 0.05) is 17.6 Å². The van der Waals surface area contributed by atoms with E-state index in [-0.39, 0.29) is 6.04 Å². The Bertz CT molecular complexity index is 400. The fraction of sp³-hybridized carbons (Fsp3) is 0.462. The first-order chi connectivity index (χ1) is 8.15. The normalized spacial score (nSPS) is 21.4. The molecule has 1 aromatic rings. The van der Waals surface area contributed by atoms with Gasteiger partial charge in [-0.15, -0.1) is 0 Å². The fourth-order valence-electron chi connectivity index (χ4n) is 1.85. The van der Waals surface area contributed by atoms with Gasteiger partial charge in [-0.3, -0.25) is 4.99 Å². The van der Waals surface area contributed by atoms with Crippen LogP contribution in [0, 0.1) is 0 Å². The number of nitrogens with one attached hydrogen (secondary N) is 2. The molecule has 2 N–H and O–H groups in total. The van der Waals surface area contributed by atoms with Gasteiger partial charge in [0.1, 0.15) is 0 Å². The van der Waals surface area contributed by atoms with Crippen LogP contribution in [0.5, 0.6) is 0 Å². The molecule has 1 unspecified atom stereocenters. The number of hydrogen-bond acceptors (Lipinski definition) is 3. The van der Waals surface area contributed by atoms with Crippen LogP contribution in [0.25, 0.3) is 0 Å². The molecule has 0 aliphatic carbocycles. The molecule has 17 heavy (non-hydrogen) atoms. The van der Waals surface area contributed by atoms with Crippen LogP contribution in [-0.4, -0.2) is 18.5 Å². The minimum atomic E-state index is 0.226. The smallest absolute Gasteiger partial charge is 0.191 e. The van der Waals surface area contributed by atoms with Crippen LogP contribution in [0.2, 0.25) is 5.02 Å². The molecular formula is C13H18ClN3. The maximum atomic E-state index is 5.87. The van der Waals surface area contributed by atoms with Gasteiger partial charge in [0.2, 0.25) is 0 Å². The maximum absolute atomic E-state index is 5.87. The quantitative estimate of drug-likeness (QED) is 0.848. The summed E-state index contributed by atoms with van der Waals surface area (Å²) in [7, 11) is 0. The molecule has 1 heterocycles. The Morgan fingerprint density at radius 3 is 2.76 bits per heavy atom. The Morgan fingerprint density at radius 1 is 1.41 bits per heavy atom. The van der Waals surface area contributed by atoms with Crippen LogP contribution in [0.3, 0.4) is 0 Å². The van der Waals surface area contributed by atoms with Crippen molar-refractivity contribution >= 4 is 17.6 Å². The minimum Gasteiger partial charge on any atom is -0.354 e. The van der Waals surface area contributed by atoms with E-state index in [0.717, 1.165) is 23.9 Å². The van der Waals surface area contributed by atoms with E-state index in [4.69, 9.17) is 11.6 Å². The fourth-order valence-corrected chi connectivity index (χ4v) is 1.97. The highest BCUT2D eigenvalue weighted by Gasteiger charge is 2.13. The Labute approximate surface area is 107 Å².